The molecule has 0 aliphatic rings. The molecule has 6 heteroatoms. The van der Waals surface area contributed by atoms with Crippen LogP contribution in [0.1, 0.15) is 10.5 Å². The minimum atomic E-state index is -1.07. The van der Waals surface area contributed by atoms with E-state index in [-0.39, 0.29) is 5.69 Å². The number of benzene rings is 1. The number of aromatic nitrogens is 2. The maximum absolute atomic E-state index is 10.7. The third-order valence-corrected chi connectivity index (χ3v) is 2.57. The molecule has 5 nitrogen and oxygen atoms in total. The Labute approximate surface area is 102 Å². The van der Waals surface area contributed by atoms with Gasteiger partial charge in [-0.3, -0.25) is 5.10 Å². The quantitative estimate of drug-likeness (QED) is 0.880. The van der Waals surface area contributed by atoms with Crippen LogP contribution in [0.5, 0.6) is 5.75 Å². The zero-order valence-electron chi connectivity index (χ0n) is 8.90. The molecule has 0 aliphatic heterocycles. The number of hydrogen-bond donors (Lipinski definition) is 2. The van der Waals surface area contributed by atoms with Crippen molar-refractivity contribution in [3.05, 3.63) is 35.0 Å². The largest absolute Gasteiger partial charge is 0.496 e. The summed E-state index contributed by atoms with van der Waals surface area (Å²) in [7, 11) is 1.51. The Kier molecular flexibility index (Phi) is 3.01. The van der Waals surface area contributed by atoms with E-state index in [1.165, 1.54) is 13.2 Å². The lowest BCUT2D eigenvalue weighted by Gasteiger charge is -2.07. The highest BCUT2D eigenvalue weighted by Crippen LogP contribution is 2.35. The van der Waals surface area contributed by atoms with Gasteiger partial charge in [0.05, 0.1) is 23.4 Å². The second kappa shape index (κ2) is 4.47. The Morgan fingerprint density at radius 3 is 2.88 bits per heavy atom. The number of rotatable bonds is 3. The Hall–Kier alpha value is -2.01. The lowest BCUT2D eigenvalue weighted by Crippen LogP contribution is -1.95. The molecule has 0 unspecified atom stereocenters. The molecule has 0 saturated heterocycles. The molecule has 2 rings (SSSR count). The van der Waals surface area contributed by atoms with Gasteiger partial charge in [-0.15, -0.1) is 0 Å². The van der Waals surface area contributed by atoms with E-state index in [0.29, 0.717) is 22.0 Å². The maximum atomic E-state index is 10.7. The first-order valence-electron chi connectivity index (χ1n) is 4.75. The van der Waals surface area contributed by atoms with Crippen molar-refractivity contribution in [1.29, 1.82) is 0 Å². The topological polar surface area (TPSA) is 75.2 Å². The van der Waals surface area contributed by atoms with E-state index < -0.39 is 5.97 Å². The third-order valence-electron chi connectivity index (χ3n) is 2.26. The molecule has 0 bridgehead atoms. The van der Waals surface area contributed by atoms with Gasteiger partial charge in [-0.05, 0) is 18.2 Å². The van der Waals surface area contributed by atoms with Crippen LogP contribution in [0, 0.1) is 0 Å². The molecule has 1 heterocycles. The minimum Gasteiger partial charge on any atom is -0.496 e. The maximum Gasteiger partial charge on any atom is 0.353 e. The number of ether oxygens (including phenoxy) is 1. The lowest BCUT2D eigenvalue weighted by atomic mass is 10.1. The SMILES string of the molecule is COc1cccc(Cl)c1-c1cc(C(=O)O)[nH]n1. The van der Waals surface area contributed by atoms with Gasteiger partial charge in [0, 0.05) is 0 Å². The molecule has 0 radical (unpaired) electrons. The van der Waals surface area contributed by atoms with Gasteiger partial charge in [-0.2, -0.15) is 5.10 Å². The monoisotopic (exact) mass is 252 g/mol. The lowest BCUT2D eigenvalue weighted by molar-refractivity contribution is 0.0690. The number of methoxy groups -OCH3 is 1. The van der Waals surface area contributed by atoms with Crippen LogP contribution in [0.15, 0.2) is 24.3 Å². The number of carboxylic acid groups (broad SMARTS) is 1. The first-order valence-corrected chi connectivity index (χ1v) is 5.13. The predicted molar refractivity (Wildman–Crippen MR) is 62.5 cm³/mol. The van der Waals surface area contributed by atoms with Crippen molar-refractivity contribution in [2.75, 3.05) is 7.11 Å². The number of hydrogen-bond acceptors (Lipinski definition) is 3. The van der Waals surface area contributed by atoms with Crippen molar-refractivity contribution in [3.8, 4) is 17.0 Å². The molecule has 0 spiro atoms. The Morgan fingerprint density at radius 1 is 1.53 bits per heavy atom. The zero-order chi connectivity index (χ0) is 12.4. The number of H-pyrrole nitrogens is 1. The normalized spacial score (nSPS) is 10.2. The number of nitrogens with zero attached hydrogens (tertiary/aromatic N) is 1. The highest BCUT2D eigenvalue weighted by molar-refractivity contribution is 6.33. The molecule has 0 aliphatic carbocycles. The molecule has 1 aromatic carbocycles. The minimum absolute atomic E-state index is 0.00183. The molecular weight excluding hydrogens is 244 g/mol. The van der Waals surface area contributed by atoms with Gasteiger partial charge in [0.15, 0.2) is 0 Å². The zero-order valence-corrected chi connectivity index (χ0v) is 9.65. The van der Waals surface area contributed by atoms with Crippen molar-refractivity contribution in [3.63, 3.8) is 0 Å². The van der Waals surface area contributed by atoms with Crippen molar-refractivity contribution < 1.29 is 14.6 Å². The van der Waals surface area contributed by atoms with Crippen LogP contribution in [0.3, 0.4) is 0 Å². The number of carboxylic acids is 1. The summed E-state index contributed by atoms with van der Waals surface area (Å²) < 4.78 is 5.16. The molecule has 0 atom stereocenters. The first kappa shape index (κ1) is 11.5. The second-order valence-electron chi connectivity index (χ2n) is 3.29. The van der Waals surface area contributed by atoms with E-state index in [4.69, 9.17) is 21.4 Å². The van der Waals surface area contributed by atoms with Gasteiger partial charge in [0.2, 0.25) is 0 Å². The Balaban J connectivity index is 2.55. The van der Waals surface area contributed by atoms with Crippen LogP contribution in [-0.4, -0.2) is 28.4 Å². The molecule has 0 saturated carbocycles. The molecule has 0 fully saturated rings. The van der Waals surface area contributed by atoms with Gasteiger partial charge in [-0.1, -0.05) is 17.7 Å². The summed E-state index contributed by atoms with van der Waals surface area (Å²) in [5.41, 5.74) is 1.01. The van der Waals surface area contributed by atoms with E-state index in [2.05, 4.69) is 10.2 Å². The number of aromatic amines is 1. The average Bonchev–Trinajstić information content (AvgIpc) is 2.77. The van der Waals surface area contributed by atoms with Crippen molar-refractivity contribution in [2.24, 2.45) is 0 Å². The highest BCUT2D eigenvalue weighted by Gasteiger charge is 2.15. The van der Waals surface area contributed by atoms with Gasteiger partial charge in [-0.25, -0.2) is 4.79 Å². The van der Waals surface area contributed by atoms with Gasteiger partial charge in [0.1, 0.15) is 11.4 Å². The van der Waals surface area contributed by atoms with Gasteiger partial charge in [0.25, 0.3) is 0 Å². The van der Waals surface area contributed by atoms with E-state index in [9.17, 15) is 4.79 Å². The van der Waals surface area contributed by atoms with Crippen LogP contribution in [-0.2, 0) is 0 Å². The summed E-state index contributed by atoms with van der Waals surface area (Å²) >= 11 is 6.05. The summed E-state index contributed by atoms with van der Waals surface area (Å²) in [4.78, 5) is 10.7. The highest BCUT2D eigenvalue weighted by atomic mass is 35.5. The number of carbonyl (C=O) groups is 1. The average molecular weight is 253 g/mol. The summed E-state index contributed by atoms with van der Waals surface area (Å²) in [5.74, 6) is -0.532. The molecule has 17 heavy (non-hydrogen) atoms. The standard InChI is InChI=1S/C11H9ClN2O3/c1-17-9-4-2-3-6(12)10(9)7-5-8(11(15)16)14-13-7/h2-5H,1H3,(H,13,14)(H,15,16). The van der Waals surface area contributed by atoms with Crippen molar-refractivity contribution in [2.45, 2.75) is 0 Å². The van der Waals surface area contributed by atoms with E-state index >= 15 is 0 Å². The number of halogens is 1. The van der Waals surface area contributed by atoms with Gasteiger partial charge >= 0.3 is 5.97 Å². The molecule has 88 valence electrons. The first-order chi connectivity index (χ1) is 8.13. The summed E-state index contributed by atoms with van der Waals surface area (Å²) in [6.07, 6.45) is 0. The smallest absolute Gasteiger partial charge is 0.353 e. The van der Waals surface area contributed by atoms with Crippen molar-refractivity contribution in [1.82, 2.24) is 10.2 Å². The number of nitrogens with one attached hydrogen (secondary N) is 1. The summed E-state index contributed by atoms with van der Waals surface area (Å²) in [6.45, 7) is 0. The van der Waals surface area contributed by atoms with Crippen LogP contribution in [0.2, 0.25) is 5.02 Å². The van der Waals surface area contributed by atoms with Crippen LogP contribution in [0.25, 0.3) is 11.3 Å². The number of aromatic carboxylic acids is 1. The fourth-order valence-corrected chi connectivity index (χ4v) is 1.75. The Morgan fingerprint density at radius 2 is 2.29 bits per heavy atom. The van der Waals surface area contributed by atoms with Crippen LogP contribution in [0.4, 0.5) is 0 Å². The Bertz CT molecular complexity index is 566. The second-order valence-corrected chi connectivity index (χ2v) is 3.70. The summed E-state index contributed by atoms with van der Waals surface area (Å²) in [5, 5.41) is 15.6. The molecule has 2 aromatic rings. The van der Waals surface area contributed by atoms with Crippen molar-refractivity contribution >= 4 is 17.6 Å². The predicted octanol–water partition coefficient (Wildman–Crippen LogP) is 2.44. The fourth-order valence-electron chi connectivity index (χ4n) is 1.48. The summed E-state index contributed by atoms with van der Waals surface area (Å²) in [6, 6.07) is 6.58. The molecular formula is C11H9ClN2O3. The molecule has 1 aromatic heterocycles. The van der Waals surface area contributed by atoms with E-state index in [0.717, 1.165) is 0 Å². The van der Waals surface area contributed by atoms with Crippen LogP contribution >= 0.6 is 11.6 Å². The van der Waals surface area contributed by atoms with E-state index in [1.54, 1.807) is 18.2 Å². The third kappa shape index (κ3) is 2.09. The van der Waals surface area contributed by atoms with Crippen LogP contribution < -0.4 is 4.74 Å². The molecule has 0 amide bonds. The van der Waals surface area contributed by atoms with Gasteiger partial charge < -0.3 is 9.84 Å². The van der Waals surface area contributed by atoms with E-state index in [1.807, 2.05) is 0 Å². The fraction of sp³-hybridized carbons (Fsp3) is 0.0909. The molecule has 2 N–H and O–H groups in total.